The number of anilines is 1. The number of fused-ring (bicyclic) bond motifs is 1. The fraction of sp³-hybridized carbons (Fsp3) is 0.222. The van der Waals surface area contributed by atoms with Crippen molar-refractivity contribution < 1.29 is 9.59 Å². The largest absolute Gasteiger partial charge is 0.268 e. The van der Waals surface area contributed by atoms with E-state index in [9.17, 15) is 9.59 Å². The van der Waals surface area contributed by atoms with Crippen LogP contribution >= 0.6 is 15.9 Å². The molecule has 112 valence electrons. The van der Waals surface area contributed by atoms with Crippen LogP contribution in [-0.4, -0.2) is 11.8 Å². The van der Waals surface area contributed by atoms with E-state index in [-0.39, 0.29) is 11.8 Å². The van der Waals surface area contributed by atoms with Crippen LogP contribution in [-0.2, 0) is 12.8 Å². The summed E-state index contributed by atoms with van der Waals surface area (Å²) in [5, 5.41) is 0. The number of hydrogen-bond donors (Lipinski definition) is 0. The van der Waals surface area contributed by atoms with Crippen molar-refractivity contribution in [2.45, 2.75) is 26.7 Å². The summed E-state index contributed by atoms with van der Waals surface area (Å²) in [6.45, 7) is 4.06. The molecule has 2 aromatic rings. The lowest BCUT2D eigenvalue weighted by molar-refractivity contribution is 0.0925. The monoisotopic (exact) mass is 357 g/mol. The van der Waals surface area contributed by atoms with Crippen LogP contribution in [0.4, 0.5) is 5.69 Å². The molecule has 0 aromatic heterocycles. The second kappa shape index (κ2) is 5.69. The van der Waals surface area contributed by atoms with E-state index in [4.69, 9.17) is 0 Å². The molecule has 3 nitrogen and oxygen atoms in total. The number of aryl methyl sites for hydroxylation is 2. The number of carbonyl (C=O) groups excluding carboxylic acids is 2. The highest BCUT2D eigenvalue weighted by atomic mass is 79.9. The number of imide groups is 1. The van der Waals surface area contributed by atoms with Crippen LogP contribution in [0.15, 0.2) is 40.9 Å². The summed E-state index contributed by atoms with van der Waals surface area (Å²) in [6, 6.07) is 11.0. The standard InChI is InChI=1S/C18H16BrNO2/c1-3-11-9-13(19)10-12(4-2)16(11)20-17(21)14-7-5-6-8-15(14)18(20)22/h5-10H,3-4H2,1-2H3. The molecule has 1 heterocycles. The molecule has 2 aromatic carbocycles. The minimum Gasteiger partial charge on any atom is -0.268 e. The summed E-state index contributed by atoms with van der Waals surface area (Å²) >= 11 is 3.51. The zero-order valence-electron chi connectivity index (χ0n) is 12.5. The maximum atomic E-state index is 12.7. The molecule has 1 aliphatic rings. The number of benzene rings is 2. The number of halogens is 1. The first kappa shape index (κ1) is 15.0. The molecular formula is C18H16BrNO2. The first-order valence-corrected chi connectivity index (χ1v) is 8.16. The van der Waals surface area contributed by atoms with Crippen molar-refractivity contribution in [2.75, 3.05) is 4.90 Å². The molecule has 2 amide bonds. The van der Waals surface area contributed by atoms with Crippen LogP contribution in [0.25, 0.3) is 0 Å². The van der Waals surface area contributed by atoms with Crippen LogP contribution < -0.4 is 4.90 Å². The summed E-state index contributed by atoms with van der Waals surface area (Å²) in [5.41, 5.74) is 3.72. The Morgan fingerprint density at radius 2 is 1.36 bits per heavy atom. The van der Waals surface area contributed by atoms with E-state index in [1.54, 1.807) is 24.3 Å². The highest BCUT2D eigenvalue weighted by Gasteiger charge is 2.38. The molecule has 0 radical (unpaired) electrons. The van der Waals surface area contributed by atoms with Gasteiger partial charge in [-0.15, -0.1) is 0 Å². The zero-order valence-corrected chi connectivity index (χ0v) is 14.1. The Morgan fingerprint density at radius 1 is 0.909 bits per heavy atom. The van der Waals surface area contributed by atoms with Gasteiger partial charge in [-0.25, -0.2) is 4.90 Å². The quantitative estimate of drug-likeness (QED) is 0.764. The predicted molar refractivity (Wildman–Crippen MR) is 90.5 cm³/mol. The average molecular weight is 358 g/mol. The van der Waals surface area contributed by atoms with Crippen molar-refractivity contribution in [1.82, 2.24) is 0 Å². The van der Waals surface area contributed by atoms with E-state index in [0.717, 1.165) is 34.1 Å². The van der Waals surface area contributed by atoms with Crippen LogP contribution in [0, 0.1) is 0 Å². The molecule has 0 spiro atoms. The first-order chi connectivity index (χ1) is 10.6. The SMILES string of the molecule is CCc1cc(Br)cc(CC)c1N1C(=O)c2ccccc2C1=O. The number of rotatable bonds is 3. The van der Waals surface area contributed by atoms with Crippen LogP contribution in [0.1, 0.15) is 45.7 Å². The van der Waals surface area contributed by atoms with Crippen LogP contribution in [0.5, 0.6) is 0 Å². The first-order valence-electron chi connectivity index (χ1n) is 7.37. The molecular weight excluding hydrogens is 342 g/mol. The average Bonchev–Trinajstić information content (AvgIpc) is 2.78. The second-order valence-corrected chi connectivity index (χ2v) is 6.19. The van der Waals surface area contributed by atoms with Gasteiger partial charge in [-0.05, 0) is 48.2 Å². The minimum absolute atomic E-state index is 0.229. The van der Waals surface area contributed by atoms with Crippen molar-refractivity contribution in [3.63, 3.8) is 0 Å². The Hall–Kier alpha value is -1.94. The molecule has 0 saturated carbocycles. The smallest absolute Gasteiger partial charge is 0.266 e. The van der Waals surface area contributed by atoms with Gasteiger partial charge in [0.25, 0.3) is 11.8 Å². The molecule has 3 rings (SSSR count). The van der Waals surface area contributed by atoms with E-state index in [0.29, 0.717) is 11.1 Å². The summed E-state index contributed by atoms with van der Waals surface area (Å²) in [5.74, 6) is -0.459. The molecule has 4 heteroatoms. The Morgan fingerprint density at radius 3 is 1.77 bits per heavy atom. The number of hydrogen-bond acceptors (Lipinski definition) is 2. The highest BCUT2D eigenvalue weighted by Crippen LogP contribution is 2.36. The van der Waals surface area contributed by atoms with E-state index >= 15 is 0 Å². The second-order valence-electron chi connectivity index (χ2n) is 5.27. The van der Waals surface area contributed by atoms with Crippen molar-refractivity contribution >= 4 is 33.4 Å². The molecule has 0 aliphatic carbocycles. The van der Waals surface area contributed by atoms with Crippen LogP contribution in [0.3, 0.4) is 0 Å². The van der Waals surface area contributed by atoms with Crippen molar-refractivity contribution in [2.24, 2.45) is 0 Å². The van der Waals surface area contributed by atoms with E-state index in [1.807, 2.05) is 26.0 Å². The zero-order chi connectivity index (χ0) is 15.9. The van der Waals surface area contributed by atoms with Gasteiger partial charge < -0.3 is 0 Å². The molecule has 0 fully saturated rings. The fourth-order valence-electron chi connectivity index (χ4n) is 2.94. The summed E-state index contributed by atoms with van der Waals surface area (Å²) in [6.07, 6.45) is 1.52. The fourth-order valence-corrected chi connectivity index (χ4v) is 3.49. The predicted octanol–water partition coefficient (Wildman–Crippen LogP) is 4.37. The van der Waals surface area contributed by atoms with Gasteiger partial charge in [0.2, 0.25) is 0 Å². The van der Waals surface area contributed by atoms with Crippen molar-refractivity contribution in [1.29, 1.82) is 0 Å². The lowest BCUT2D eigenvalue weighted by atomic mass is 10.0. The third kappa shape index (κ3) is 2.18. The van der Waals surface area contributed by atoms with Gasteiger partial charge in [0.05, 0.1) is 16.8 Å². The Labute approximate surface area is 138 Å². The summed E-state index contributed by atoms with van der Waals surface area (Å²) in [7, 11) is 0. The van der Waals surface area contributed by atoms with Gasteiger partial charge in [0.15, 0.2) is 0 Å². The Kier molecular flexibility index (Phi) is 3.87. The van der Waals surface area contributed by atoms with Gasteiger partial charge in [-0.2, -0.15) is 0 Å². The lowest BCUT2D eigenvalue weighted by Crippen LogP contribution is -2.31. The summed E-state index contributed by atoms with van der Waals surface area (Å²) < 4.78 is 0.974. The molecule has 1 aliphatic heterocycles. The molecule has 22 heavy (non-hydrogen) atoms. The normalized spacial score (nSPS) is 13.7. The molecule has 0 atom stereocenters. The van der Waals surface area contributed by atoms with E-state index in [2.05, 4.69) is 15.9 Å². The van der Waals surface area contributed by atoms with E-state index in [1.165, 1.54) is 4.90 Å². The molecule has 0 N–H and O–H groups in total. The van der Waals surface area contributed by atoms with Crippen molar-refractivity contribution in [3.05, 3.63) is 63.1 Å². The maximum absolute atomic E-state index is 12.7. The molecule has 0 unspecified atom stereocenters. The minimum atomic E-state index is -0.229. The van der Waals surface area contributed by atoms with E-state index < -0.39 is 0 Å². The van der Waals surface area contributed by atoms with Crippen LogP contribution in [0.2, 0.25) is 0 Å². The van der Waals surface area contributed by atoms with Gasteiger partial charge in [0, 0.05) is 4.47 Å². The Balaban J connectivity index is 2.21. The number of amides is 2. The highest BCUT2D eigenvalue weighted by molar-refractivity contribution is 9.10. The summed E-state index contributed by atoms with van der Waals surface area (Å²) in [4.78, 5) is 26.8. The van der Waals surface area contributed by atoms with Gasteiger partial charge in [-0.1, -0.05) is 41.9 Å². The third-order valence-corrected chi connectivity index (χ3v) is 4.47. The topological polar surface area (TPSA) is 37.4 Å². The number of nitrogens with zero attached hydrogens (tertiary/aromatic N) is 1. The maximum Gasteiger partial charge on any atom is 0.266 e. The van der Waals surface area contributed by atoms with Gasteiger partial charge in [-0.3, -0.25) is 9.59 Å². The Bertz CT molecular complexity index is 722. The van der Waals surface area contributed by atoms with Gasteiger partial charge >= 0.3 is 0 Å². The van der Waals surface area contributed by atoms with Gasteiger partial charge in [0.1, 0.15) is 0 Å². The third-order valence-electron chi connectivity index (χ3n) is 4.01. The molecule has 0 saturated heterocycles. The lowest BCUT2D eigenvalue weighted by Gasteiger charge is -2.22. The molecule has 0 bridgehead atoms. The number of carbonyl (C=O) groups is 2. The van der Waals surface area contributed by atoms with Crippen molar-refractivity contribution in [3.8, 4) is 0 Å².